The molecule has 4 heteroatoms. The molecule has 20 heavy (non-hydrogen) atoms. The molecule has 2 heterocycles. The highest BCUT2D eigenvalue weighted by atomic mass is 16.3. The van der Waals surface area contributed by atoms with Crippen molar-refractivity contribution in [2.24, 2.45) is 0 Å². The number of imidazole rings is 1. The number of hydrogen-bond donors (Lipinski definition) is 1. The maximum atomic E-state index is 5.06. The van der Waals surface area contributed by atoms with Crippen molar-refractivity contribution in [3.63, 3.8) is 0 Å². The SMILES string of the molecule is Cc1ncc(CNCc2ccoc2)n1-c1ccccc1. The van der Waals surface area contributed by atoms with E-state index >= 15 is 0 Å². The molecule has 0 unspecified atom stereocenters. The first kappa shape index (κ1) is 12.7. The van der Waals surface area contributed by atoms with Gasteiger partial charge in [-0.2, -0.15) is 0 Å². The average molecular weight is 267 g/mol. The third-order valence-corrected chi connectivity index (χ3v) is 3.24. The van der Waals surface area contributed by atoms with Gasteiger partial charge in [0.1, 0.15) is 5.82 Å². The van der Waals surface area contributed by atoms with E-state index < -0.39 is 0 Å². The van der Waals surface area contributed by atoms with Crippen LogP contribution in [0.15, 0.2) is 59.5 Å². The molecule has 3 rings (SSSR count). The van der Waals surface area contributed by atoms with Gasteiger partial charge in [-0.15, -0.1) is 0 Å². The largest absolute Gasteiger partial charge is 0.472 e. The number of para-hydroxylation sites is 1. The molecule has 0 spiro atoms. The molecule has 1 aromatic carbocycles. The first-order valence-electron chi connectivity index (χ1n) is 6.65. The van der Waals surface area contributed by atoms with Crippen LogP contribution in [0, 0.1) is 6.92 Å². The molecule has 0 aliphatic heterocycles. The third-order valence-electron chi connectivity index (χ3n) is 3.24. The molecule has 102 valence electrons. The molecule has 0 fully saturated rings. The van der Waals surface area contributed by atoms with Gasteiger partial charge in [0, 0.05) is 24.3 Å². The summed E-state index contributed by atoms with van der Waals surface area (Å²) >= 11 is 0. The number of rotatable bonds is 5. The zero-order valence-corrected chi connectivity index (χ0v) is 11.4. The fourth-order valence-corrected chi connectivity index (χ4v) is 2.27. The predicted octanol–water partition coefficient (Wildman–Crippen LogP) is 3.06. The number of hydrogen-bond acceptors (Lipinski definition) is 3. The third kappa shape index (κ3) is 2.65. The molecule has 0 radical (unpaired) electrons. The first-order chi connectivity index (χ1) is 9.84. The zero-order valence-electron chi connectivity index (χ0n) is 11.4. The average Bonchev–Trinajstić information content (AvgIpc) is 3.10. The summed E-state index contributed by atoms with van der Waals surface area (Å²) < 4.78 is 7.23. The van der Waals surface area contributed by atoms with Crippen LogP contribution in [0.25, 0.3) is 5.69 Å². The second-order valence-electron chi connectivity index (χ2n) is 4.70. The van der Waals surface area contributed by atoms with Crippen LogP contribution in [0.1, 0.15) is 17.1 Å². The van der Waals surface area contributed by atoms with Crippen molar-refractivity contribution in [1.29, 1.82) is 0 Å². The van der Waals surface area contributed by atoms with Gasteiger partial charge in [0.2, 0.25) is 0 Å². The van der Waals surface area contributed by atoms with Gasteiger partial charge in [-0.3, -0.25) is 4.57 Å². The maximum Gasteiger partial charge on any atom is 0.110 e. The molecule has 0 atom stereocenters. The van der Waals surface area contributed by atoms with Crippen LogP contribution >= 0.6 is 0 Å². The molecule has 0 amide bonds. The Bertz CT molecular complexity index is 656. The number of aryl methyl sites for hydroxylation is 1. The van der Waals surface area contributed by atoms with Gasteiger partial charge in [0.15, 0.2) is 0 Å². The Morgan fingerprint density at radius 3 is 2.75 bits per heavy atom. The molecule has 0 bridgehead atoms. The molecule has 0 aliphatic carbocycles. The van der Waals surface area contributed by atoms with Crippen LogP contribution in [0.4, 0.5) is 0 Å². The lowest BCUT2D eigenvalue weighted by molar-refractivity contribution is 0.559. The Kier molecular flexibility index (Phi) is 3.65. The number of nitrogens with zero attached hydrogens (tertiary/aromatic N) is 2. The van der Waals surface area contributed by atoms with Crippen molar-refractivity contribution >= 4 is 0 Å². The second-order valence-corrected chi connectivity index (χ2v) is 4.70. The van der Waals surface area contributed by atoms with Crippen molar-refractivity contribution in [2.45, 2.75) is 20.0 Å². The van der Waals surface area contributed by atoms with Crippen molar-refractivity contribution < 1.29 is 4.42 Å². The Balaban J connectivity index is 1.74. The zero-order chi connectivity index (χ0) is 13.8. The molecule has 0 saturated carbocycles. The Labute approximate surface area is 118 Å². The standard InChI is InChI=1S/C16H17N3O/c1-13-18-11-16(10-17-9-14-7-8-20-12-14)19(13)15-5-3-2-4-6-15/h2-8,11-12,17H,9-10H2,1H3. The molecule has 3 aromatic rings. The summed E-state index contributed by atoms with van der Waals surface area (Å²) in [6.07, 6.45) is 5.37. The highest BCUT2D eigenvalue weighted by Gasteiger charge is 2.08. The van der Waals surface area contributed by atoms with Gasteiger partial charge >= 0.3 is 0 Å². The topological polar surface area (TPSA) is 43.0 Å². The summed E-state index contributed by atoms with van der Waals surface area (Å²) in [5, 5.41) is 3.41. The van der Waals surface area contributed by atoms with Gasteiger partial charge in [-0.1, -0.05) is 18.2 Å². The van der Waals surface area contributed by atoms with Gasteiger partial charge in [-0.25, -0.2) is 4.98 Å². The Morgan fingerprint density at radius 1 is 1.15 bits per heavy atom. The van der Waals surface area contributed by atoms with Crippen molar-refractivity contribution in [3.05, 3.63) is 72.2 Å². The molecule has 2 aromatic heterocycles. The van der Waals surface area contributed by atoms with E-state index in [2.05, 4.69) is 27.0 Å². The van der Waals surface area contributed by atoms with Crippen LogP contribution < -0.4 is 5.32 Å². The van der Waals surface area contributed by atoms with Crippen LogP contribution in [-0.4, -0.2) is 9.55 Å². The fraction of sp³-hybridized carbons (Fsp3) is 0.188. The normalized spacial score (nSPS) is 10.8. The van der Waals surface area contributed by atoms with Gasteiger partial charge < -0.3 is 9.73 Å². The van der Waals surface area contributed by atoms with E-state index in [1.54, 1.807) is 12.5 Å². The van der Waals surface area contributed by atoms with E-state index in [9.17, 15) is 0 Å². The number of furan rings is 1. The van der Waals surface area contributed by atoms with Gasteiger partial charge in [0.25, 0.3) is 0 Å². The first-order valence-corrected chi connectivity index (χ1v) is 6.65. The quantitative estimate of drug-likeness (QED) is 0.772. The van der Waals surface area contributed by atoms with Crippen molar-refractivity contribution in [2.75, 3.05) is 0 Å². The predicted molar refractivity (Wildman–Crippen MR) is 77.6 cm³/mol. The van der Waals surface area contributed by atoms with Crippen LogP contribution in [0.5, 0.6) is 0 Å². The summed E-state index contributed by atoms with van der Waals surface area (Å²) in [4.78, 5) is 4.41. The second kappa shape index (κ2) is 5.75. The monoisotopic (exact) mass is 267 g/mol. The lowest BCUT2D eigenvalue weighted by atomic mass is 10.3. The van der Waals surface area contributed by atoms with Crippen LogP contribution in [-0.2, 0) is 13.1 Å². The molecule has 4 nitrogen and oxygen atoms in total. The minimum atomic E-state index is 0.765. The molecular weight excluding hydrogens is 250 g/mol. The molecular formula is C16H17N3O. The number of aromatic nitrogens is 2. The van der Waals surface area contributed by atoms with E-state index in [-0.39, 0.29) is 0 Å². The lowest BCUT2D eigenvalue weighted by Crippen LogP contribution is -2.15. The van der Waals surface area contributed by atoms with Crippen molar-refractivity contribution in [3.8, 4) is 5.69 Å². The number of benzene rings is 1. The van der Waals surface area contributed by atoms with Gasteiger partial charge in [-0.05, 0) is 25.1 Å². The van der Waals surface area contributed by atoms with Crippen molar-refractivity contribution in [1.82, 2.24) is 14.9 Å². The Hall–Kier alpha value is -2.33. The van der Waals surface area contributed by atoms with E-state index in [0.29, 0.717) is 0 Å². The maximum absolute atomic E-state index is 5.06. The summed E-state index contributed by atoms with van der Waals surface area (Å²) in [6.45, 7) is 3.57. The number of nitrogens with one attached hydrogen (secondary N) is 1. The summed E-state index contributed by atoms with van der Waals surface area (Å²) in [5.74, 6) is 0.997. The molecule has 1 N–H and O–H groups in total. The van der Waals surface area contributed by atoms with E-state index in [4.69, 9.17) is 4.42 Å². The lowest BCUT2D eigenvalue weighted by Gasteiger charge is -2.10. The summed E-state index contributed by atoms with van der Waals surface area (Å²) in [7, 11) is 0. The summed E-state index contributed by atoms with van der Waals surface area (Å²) in [6, 6.07) is 12.2. The fourth-order valence-electron chi connectivity index (χ4n) is 2.27. The van der Waals surface area contributed by atoms with E-state index in [1.807, 2.05) is 37.4 Å². The smallest absolute Gasteiger partial charge is 0.110 e. The minimum Gasteiger partial charge on any atom is -0.472 e. The van der Waals surface area contributed by atoms with Crippen LogP contribution in [0.3, 0.4) is 0 Å². The highest BCUT2D eigenvalue weighted by Crippen LogP contribution is 2.14. The van der Waals surface area contributed by atoms with Crippen LogP contribution in [0.2, 0.25) is 0 Å². The Morgan fingerprint density at radius 2 is 2.00 bits per heavy atom. The van der Waals surface area contributed by atoms with E-state index in [0.717, 1.165) is 35.9 Å². The highest BCUT2D eigenvalue weighted by molar-refractivity contribution is 5.35. The van der Waals surface area contributed by atoms with Gasteiger partial charge in [0.05, 0.1) is 24.4 Å². The molecule has 0 aliphatic rings. The van der Waals surface area contributed by atoms with E-state index in [1.165, 1.54) is 0 Å². The summed E-state index contributed by atoms with van der Waals surface area (Å²) in [5.41, 5.74) is 3.44. The molecule has 0 saturated heterocycles. The minimum absolute atomic E-state index is 0.765.